The molecule has 0 aliphatic carbocycles. The van der Waals surface area contributed by atoms with Crippen LogP contribution in [0.3, 0.4) is 0 Å². The molecule has 2 heterocycles. The van der Waals surface area contributed by atoms with Crippen molar-refractivity contribution >= 4 is 29.1 Å². The van der Waals surface area contributed by atoms with E-state index in [2.05, 4.69) is 15.3 Å². The molecule has 28 heavy (non-hydrogen) atoms. The van der Waals surface area contributed by atoms with Crippen LogP contribution in [0.2, 0.25) is 5.02 Å². The van der Waals surface area contributed by atoms with Gasteiger partial charge in [0.05, 0.1) is 11.3 Å². The number of carbonyl (C=O) groups is 2. The summed E-state index contributed by atoms with van der Waals surface area (Å²) in [5.41, 5.74) is 0.203. The van der Waals surface area contributed by atoms with Crippen molar-refractivity contribution in [3.8, 4) is 0 Å². The summed E-state index contributed by atoms with van der Waals surface area (Å²) in [6.45, 7) is 5.73. The van der Waals surface area contributed by atoms with E-state index in [-0.39, 0.29) is 17.7 Å². The third kappa shape index (κ3) is 4.48. The van der Waals surface area contributed by atoms with Gasteiger partial charge in [0.1, 0.15) is 11.4 Å². The molecule has 1 aromatic carbocycles. The summed E-state index contributed by atoms with van der Waals surface area (Å²) in [6.07, 6.45) is 2.24. The fourth-order valence-electron chi connectivity index (χ4n) is 3.18. The molecule has 3 rings (SSSR count). The smallest absolute Gasteiger partial charge is 0.259 e. The first-order valence-corrected chi connectivity index (χ1v) is 9.45. The van der Waals surface area contributed by atoms with Gasteiger partial charge < -0.3 is 15.3 Å². The van der Waals surface area contributed by atoms with Crippen LogP contribution < -0.4 is 5.32 Å². The third-order valence-electron chi connectivity index (χ3n) is 4.71. The zero-order valence-corrected chi connectivity index (χ0v) is 16.8. The Bertz CT molecular complexity index is 893. The summed E-state index contributed by atoms with van der Waals surface area (Å²) >= 11 is 5.85. The van der Waals surface area contributed by atoms with Gasteiger partial charge in [0, 0.05) is 35.9 Å². The Morgan fingerprint density at radius 1 is 1.29 bits per heavy atom. The Labute approximate surface area is 168 Å². The van der Waals surface area contributed by atoms with Gasteiger partial charge in [0.25, 0.3) is 11.8 Å². The number of aromatic nitrogens is 2. The number of rotatable bonds is 4. The highest BCUT2D eigenvalue weighted by atomic mass is 35.5. The van der Waals surface area contributed by atoms with Crippen molar-refractivity contribution in [1.82, 2.24) is 14.9 Å². The highest BCUT2D eigenvalue weighted by Gasteiger charge is 2.35. The van der Waals surface area contributed by atoms with Gasteiger partial charge in [-0.15, -0.1) is 0 Å². The Balaban J connectivity index is 1.70. The van der Waals surface area contributed by atoms with Crippen LogP contribution in [0.25, 0.3) is 0 Å². The minimum atomic E-state index is -1.39. The normalized spacial score (nSPS) is 16.9. The van der Waals surface area contributed by atoms with Gasteiger partial charge in [-0.1, -0.05) is 11.6 Å². The summed E-state index contributed by atoms with van der Waals surface area (Å²) in [4.78, 5) is 35.2. The van der Waals surface area contributed by atoms with Gasteiger partial charge in [-0.25, -0.2) is 9.97 Å². The Hall–Kier alpha value is -2.51. The second kappa shape index (κ2) is 7.85. The number of halogens is 1. The molecule has 0 radical (unpaired) electrons. The quantitative estimate of drug-likeness (QED) is 0.819. The SMILES string of the molecule is Cc1nc(C2CCN(C(=O)C(C)(C)O)C2)ncc1C(=O)Nc1ccc(Cl)cc1. The molecular formula is C20H23ClN4O3. The van der Waals surface area contributed by atoms with Gasteiger partial charge in [0.15, 0.2) is 0 Å². The van der Waals surface area contributed by atoms with Crippen LogP contribution in [0.15, 0.2) is 30.5 Å². The number of likely N-dealkylation sites (tertiary alicyclic amines) is 1. The predicted octanol–water partition coefficient (Wildman–Crippen LogP) is 2.78. The third-order valence-corrected chi connectivity index (χ3v) is 4.96. The summed E-state index contributed by atoms with van der Waals surface area (Å²) in [7, 11) is 0. The molecule has 1 saturated heterocycles. The second-order valence-corrected chi connectivity index (χ2v) is 7.92. The Morgan fingerprint density at radius 3 is 2.57 bits per heavy atom. The molecule has 1 aliphatic heterocycles. The summed E-state index contributed by atoms with van der Waals surface area (Å²) in [6, 6.07) is 6.84. The van der Waals surface area contributed by atoms with E-state index in [0.29, 0.717) is 40.9 Å². The molecule has 1 aliphatic rings. The maximum absolute atomic E-state index is 12.5. The lowest BCUT2D eigenvalue weighted by Gasteiger charge is -2.24. The maximum atomic E-state index is 12.5. The van der Waals surface area contributed by atoms with Gasteiger partial charge in [-0.05, 0) is 51.5 Å². The minimum absolute atomic E-state index is 0.0154. The molecule has 1 fully saturated rings. The number of aliphatic hydroxyl groups is 1. The molecule has 0 bridgehead atoms. The van der Waals surface area contributed by atoms with Gasteiger partial charge in [0.2, 0.25) is 0 Å². The average molecular weight is 403 g/mol. The molecule has 2 aromatic rings. The van der Waals surface area contributed by atoms with E-state index in [0.717, 1.165) is 6.42 Å². The number of anilines is 1. The van der Waals surface area contributed by atoms with Gasteiger partial charge in [-0.2, -0.15) is 0 Å². The fraction of sp³-hybridized carbons (Fsp3) is 0.400. The van der Waals surface area contributed by atoms with E-state index in [4.69, 9.17) is 11.6 Å². The lowest BCUT2D eigenvalue weighted by Crippen LogP contribution is -2.44. The Morgan fingerprint density at radius 2 is 1.96 bits per heavy atom. The zero-order chi connectivity index (χ0) is 20.5. The predicted molar refractivity (Wildman–Crippen MR) is 106 cm³/mol. The molecule has 1 unspecified atom stereocenters. The van der Waals surface area contributed by atoms with Crippen molar-refractivity contribution < 1.29 is 14.7 Å². The topological polar surface area (TPSA) is 95.4 Å². The lowest BCUT2D eigenvalue weighted by molar-refractivity contribution is -0.146. The van der Waals surface area contributed by atoms with Gasteiger partial charge in [-0.3, -0.25) is 9.59 Å². The zero-order valence-electron chi connectivity index (χ0n) is 16.1. The van der Waals surface area contributed by atoms with Crippen LogP contribution in [0.4, 0.5) is 5.69 Å². The van der Waals surface area contributed by atoms with Crippen molar-refractivity contribution in [3.63, 3.8) is 0 Å². The average Bonchev–Trinajstić information content (AvgIpc) is 3.12. The first-order chi connectivity index (χ1) is 13.1. The first-order valence-electron chi connectivity index (χ1n) is 9.07. The van der Waals surface area contributed by atoms with Gasteiger partial charge >= 0.3 is 0 Å². The lowest BCUT2D eigenvalue weighted by atomic mass is 10.1. The van der Waals surface area contributed by atoms with Crippen molar-refractivity contribution in [2.75, 3.05) is 18.4 Å². The number of benzene rings is 1. The van der Waals surface area contributed by atoms with Crippen LogP contribution in [0.1, 0.15) is 48.1 Å². The summed E-state index contributed by atoms with van der Waals surface area (Å²) < 4.78 is 0. The number of amides is 2. The summed E-state index contributed by atoms with van der Waals surface area (Å²) in [5, 5.41) is 13.3. The van der Waals surface area contributed by atoms with Crippen molar-refractivity contribution in [2.45, 2.75) is 38.7 Å². The number of hydrogen-bond acceptors (Lipinski definition) is 5. The van der Waals surface area contributed by atoms with Crippen molar-refractivity contribution in [3.05, 3.63) is 52.6 Å². The number of hydrogen-bond donors (Lipinski definition) is 2. The van der Waals surface area contributed by atoms with Crippen LogP contribution in [-0.2, 0) is 4.79 Å². The maximum Gasteiger partial charge on any atom is 0.259 e. The molecule has 1 aromatic heterocycles. The van der Waals surface area contributed by atoms with Crippen molar-refractivity contribution in [2.24, 2.45) is 0 Å². The second-order valence-electron chi connectivity index (χ2n) is 7.48. The van der Waals surface area contributed by atoms with Crippen molar-refractivity contribution in [1.29, 1.82) is 0 Å². The largest absolute Gasteiger partial charge is 0.381 e. The van der Waals surface area contributed by atoms with Crippen LogP contribution in [-0.4, -0.2) is 50.5 Å². The van der Waals surface area contributed by atoms with E-state index in [1.807, 2.05) is 0 Å². The van der Waals surface area contributed by atoms with Crippen LogP contribution in [0.5, 0.6) is 0 Å². The van der Waals surface area contributed by atoms with E-state index >= 15 is 0 Å². The molecule has 1 atom stereocenters. The summed E-state index contributed by atoms with van der Waals surface area (Å²) in [5.74, 6) is -0.00715. The van der Waals surface area contributed by atoms with Crippen LogP contribution in [0, 0.1) is 6.92 Å². The molecular weight excluding hydrogens is 380 g/mol. The monoisotopic (exact) mass is 402 g/mol. The highest BCUT2D eigenvalue weighted by molar-refractivity contribution is 6.30. The molecule has 7 nitrogen and oxygen atoms in total. The standard InChI is InChI=1S/C20H23ClN4O3/c1-12-16(18(26)24-15-6-4-14(21)5-7-15)10-22-17(23-12)13-8-9-25(11-13)19(27)20(2,3)28/h4-7,10,13,28H,8-9,11H2,1-3H3,(H,24,26). The molecule has 2 amide bonds. The highest BCUT2D eigenvalue weighted by Crippen LogP contribution is 2.27. The first kappa shape index (κ1) is 20.2. The molecule has 0 saturated carbocycles. The number of aryl methyl sites for hydroxylation is 1. The van der Waals surface area contributed by atoms with E-state index < -0.39 is 5.60 Å². The number of nitrogens with zero attached hydrogens (tertiary/aromatic N) is 3. The minimum Gasteiger partial charge on any atom is -0.381 e. The van der Waals surface area contributed by atoms with E-state index in [9.17, 15) is 14.7 Å². The Kier molecular flexibility index (Phi) is 5.67. The number of carbonyl (C=O) groups excluding carboxylic acids is 2. The van der Waals surface area contributed by atoms with E-state index in [1.54, 1.807) is 36.1 Å². The number of nitrogens with one attached hydrogen (secondary N) is 1. The molecule has 8 heteroatoms. The van der Waals surface area contributed by atoms with Crippen LogP contribution >= 0.6 is 11.6 Å². The van der Waals surface area contributed by atoms with E-state index in [1.165, 1.54) is 20.0 Å². The molecule has 148 valence electrons. The molecule has 0 spiro atoms. The fourth-order valence-corrected chi connectivity index (χ4v) is 3.30. The molecule has 2 N–H and O–H groups in total.